The van der Waals surface area contributed by atoms with Gasteiger partial charge in [-0.3, -0.25) is 0 Å². The van der Waals surface area contributed by atoms with Gasteiger partial charge in [0.15, 0.2) is 0 Å². The molecule has 262 valence electrons. The number of fused-ring (bicyclic) bond motifs is 2. The van der Waals surface area contributed by atoms with Crippen molar-refractivity contribution in [2.45, 2.75) is 0 Å². The molecule has 0 fully saturated rings. The molecule has 0 unspecified atom stereocenters. The minimum absolute atomic E-state index is 0.953. The van der Waals surface area contributed by atoms with Crippen LogP contribution in [0.4, 0.5) is 0 Å². The van der Waals surface area contributed by atoms with Gasteiger partial charge < -0.3 is 0 Å². The number of pyridine rings is 1. The summed E-state index contributed by atoms with van der Waals surface area (Å²) in [4.78, 5) is 5.46. The maximum Gasteiger partial charge on any atom is 0.0788 e. The van der Waals surface area contributed by atoms with Crippen molar-refractivity contribution >= 4 is 21.5 Å². The molecule has 0 aliphatic carbocycles. The lowest BCUT2D eigenvalue weighted by Crippen LogP contribution is -1.93. The van der Waals surface area contributed by atoms with E-state index in [4.69, 9.17) is 4.98 Å². The molecule has 0 amide bonds. The van der Waals surface area contributed by atoms with E-state index in [0.717, 1.165) is 33.5 Å². The standard InChI is InChI=1S/C55H37N/c1-4-16-38(17-5-1)47-33-48(39-18-6-2-7-19-39)35-49(34-47)43-26-14-24-41(30-43)42-25-15-27-46(31-42)54-37-45-23-11-13-29-52(45)55(56-54)50-32-44-22-10-12-28-51(44)53(36-50)40-20-8-3-9-21-40/h1-37H. The van der Waals surface area contributed by atoms with Crippen molar-refractivity contribution in [3.8, 4) is 78.1 Å². The molecule has 0 atom stereocenters. The van der Waals surface area contributed by atoms with Crippen LogP contribution in [0.1, 0.15) is 0 Å². The molecular weight excluding hydrogens is 675 g/mol. The lowest BCUT2D eigenvalue weighted by molar-refractivity contribution is 1.35. The topological polar surface area (TPSA) is 12.9 Å². The molecule has 1 heterocycles. The van der Waals surface area contributed by atoms with Gasteiger partial charge in [0.25, 0.3) is 0 Å². The molecule has 0 N–H and O–H groups in total. The van der Waals surface area contributed by atoms with Crippen LogP contribution in [-0.4, -0.2) is 4.98 Å². The second-order valence-electron chi connectivity index (χ2n) is 14.4. The van der Waals surface area contributed by atoms with Crippen LogP contribution in [0.5, 0.6) is 0 Å². The highest BCUT2D eigenvalue weighted by Crippen LogP contribution is 2.39. The zero-order valence-corrected chi connectivity index (χ0v) is 30.8. The molecule has 9 aromatic carbocycles. The third-order valence-corrected chi connectivity index (χ3v) is 10.8. The average Bonchev–Trinajstić information content (AvgIpc) is 3.29. The zero-order valence-electron chi connectivity index (χ0n) is 30.8. The van der Waals surface area contributed by atoms with Crippen LogP contribution < -0.4 is 0 Å². The molecule has 56 heavy (non-hydrogen) atoms. The predicted molar refractivity (Wildman–Crippen MR) is 237 cm³/mol. The van der Waals surface area contributed by atoms with E-state index in [2.05, 4.69) is 224 Å². The summed E-state index contributed by atoms with van der Waals surface area (Å²) in [5.74, 6) is 0. The highest BCUT2D eigenvalue weighted by molar-refractivity contribution is 6.04. The molecule has 0 radical (unpaired) electrons. The van der Waals surface area contributed by atoms with Gasteiger partial charge in [-0.05, 0) is 120 Å². The predicted octanol–water partition coefficient (Wildman–Crippen LogP) is 15.1. The van der Waals surface area contributed by atoms with Crippen molar-refractivity contribution in [3.05, 3.63) is 224 Å². The smallest absolute Gasteiger partial charge is 0.0788 e. The van der Waals surface area contributed by atoms with Gasteiger partial charge in [-0.15, -0.1) is 0 Å². The Bertz CT molecular complexity index is 2940. The molecule has 1 heteroatoms. The molecule has 0 aliphatic rings. The van der Waals surface area contributed by atoms with Gasteiger partial charge in [0.2, 0.25) is 0 Å². The zero-order chi connectivity index (χ0) is 37.3. The Morgan fingerprint density at radius 2 is 0.643 bits per heavy atom. The van der Waals surface area contributed by atoms with E-state index in [9.17, 15) is 0 Å². The van der Waals surface area contributed by atoms with Gasteiger partial charge in [0, 0.05) is 16.5 Å². The van der Waals surface area contributed by atoms with Crippen LogP contribution in [0, 0.1) is 0 Å². The summed E-state index contributed by atoms with van der Waals surface area (Å²) >= 11 is 0. The normalized spacial score (nSPS) is 11.2. The number of hydrogen-bond donors (Lipinski definition) is 0. The molecule has 0 saturated carbocycles. The summed E-state index contributed by atoms with van der Waals surface area (Å²) in [6.07, 6.45) is 0. The molecule has 0 spiro atoms. The minimum Gasteiger partial charge on any atom is -0.247 e. The van der Waals surface area contributed by atoms with Gasteiger partial charge >= 0.3 is 0 Å². The second-order valence-corrected chi connectivity index (χ2v) is 14.4. The summed E-state index contributed by atoms with van der Waals surface area (Å²) < 4.78 is 0. The van der Waals surface area contributed by atoms with E-state index in [0.29, 0.717) is 0 Å². The molecule has 0 aliphatic heterocycles. The van der Waals surface area contributed by atoms with Crippen LogP contribution in [-0.2, 0) is 0 Å². The Morgan fingerprint density at radius 1 is 0.232 bits per heavy atom. The lowest BCUT2D eigenvalue weighted by atomic mass is 9.91. The van der Waals surface area contributed by atoms with E-state index in [-0.39, 0.29) is 0 Å². The minimum atomic E-state index is 0.953. The lowest BCUT2D eigenvalue weighted by Gasteiger charge is -2.15. The van der Waals surface area contributed by atoms with Gasteiger partial charge in [0.05, 0.1) is 11.4 Å². The van der Waals surface area contributed by atoms with Crippen LogP contribution >= 0.6 is 0 Å². The number of nitrogens with zero attached hydrogens (tertiary/aromatic N) is 1. The van der Waals surface area contributed by atoms with Crippen molar-refractivity contribution in [1.29, 1.82) is 0 Å². The van der Waals surface area contributed by atoms with Gasteiger partial charge in [-0.2, -0.15) is 0 Å². The Balaban J connectivity index is 1.07. The SMILES string of the molecule is c1ccc(-c2cc(-c3ccccc3)cc(-c3cccc(-c4cccc(-c5cc6ccccc6c(-c6cc(-c7ccccc7)c7ccccc7c6)n5)c4)c3)c2)cc1. The van der Waals surface area contributed by atoms with Crippen LogP contribution in [0.3, 0.4) is 0 Å². The first kappa shape index (κ1) is 33.2. The van der Waals surface area contributed by atoms with Gasteiger partial charge in [-0.1, -0.05) is 176 Å². The Hall–Kier alpha value is -7.35. The molecule has 10 aromatic rings. The fourth-order valence-electron chi connectivity index (χ4n) is 8.00. The van der Waals surface area contributed by atoms with E-state index >= 15 is 0 Å². The highest BCUT2D eigenvalue weighted by Gasteiger charge is 2.15. The first-order chi connectivity index (χ1) is 27.7. The largest absolute Gasteiger partial charge is 0.247 e. The van der Waals surface area contributed by atoms with E-state index in [1.165, 1.54) is 66.2 Å². The third-order valence-electron chi connectivity index (χ3n) is 10.8. The summed E-state index contributed by atoms with van der Waals surface area (Å²) in [5, 5.41) is 4.75. The molecule has 10 rings (SSSR count). The van der Waals surface area contributed by atoms with Gasteiger partial charge in [-0.25, -0.2) is 4.98 Å². The maximum absolute atomic E-state index is 5.46. The summed E-state index contributed by atoms with van der Waals surface area (Å²) in [7, 11) is 0. The van der Waals surface area contributed by atoms with Crippen molar-refractivity contribution in [3.63, 3.8) is 0 Å². The first-order valence-corrected chi connectivity index (χ1v) is 19.2. The number of aromatic nitrogens is 1. The number of hydrogen-bond acceptors (Lipinski definition) is 1. The van der Waals surface area contributed by atoms with E-state index in [1.54, 1.807) is 0 Å². The summed E-state index contributed by atoms with van der Waals surface area (Å²) in [5.41, 5.74) is 16.0. The fraction of sp³-hybridized carbons (Fsp3) is 0. The summed E-state index contributed by atoms with van der Waals surface area (Å²) in [6.45, 7) is 0. The van der Waals surface area contributed by atoms with Crippen molar-refractivity contribution < 1.29 is 0 Å². The first-order valence-electron chi connectivity index (χ1n) is 19.2. The summed E-state index contributed by atoms with van der Waals surface area (Å²) in [6, 6.07) is 80.7. The Morgan fingerprint density at radius 3 is 1.25 bits per heavy atom. The van der Waals surface area contributed by atoms with E-state index < -0.39 is 0 Å². The molecular formula is C55H37N. The number of rotatable bonds is 7. The number of benzene rings is 9. The van der Waals surface area contributed by atoms with Crippen molar-refractivity contribution in [2.75, 3.05) is 0 Å². The van der Waals surface area contributed by atoms with E-state index in [1.807, 2.05) is 0 Å². The average molecular weight is 712 g/mol. The van der Waals surface area contributed by atoms with Crippen molar-refractivity contribution in [1.82, 2.24) is 4.98 Å². The van der Waals surface area contributed by atoms with Crippen LogP contribution in [0.25, 0.3) is 99.7 Å². The maximum atomic E-state index is 5.46. The molecule has 1 aromatic heterocycles. The molecule has 0 saturated heterocycles. The highest BCUT2D eigenvalue weighted by atomic mass is 14.7. The van der Waals surface area contributed by atoms with Crippen LogP contribution in [0.2, 0.25) is 0 Å². The fourth-order valence-corrected chi connectivity index (χ4v) is 8.00. The molecule has 1 nitrogen and oxygen atoms in total. The Labute approximate surface area is 327 Å². The van der Waals surface area contributed by atoms with Crippen molar-refractivity contribution in [2.24, 2.45) is 0 Å². The monoisotopic (exact) mass is 711 g/mol. The molecule has 0 bridgehead atoms. The van der Waals surface area contributed by atoms with Gasteiger partial charge in [0.1, 0.15) is 0 Å². The third kappa shape index (κ3) is 6.46. The quantitative estimate of drug-likeness (QED) is 0.160. The Kier molecular flexibility index (Phi) is 8.59. The van der Waals surface area contributed by atoms with Crippen LogP contribution in [0.15, 0.2) is 224 Å². The second kappa shape index (κ2) is 14.5.